The highest BCUT2D eigenvalue weighted by atomic mass is 31.2. The summed E-state index contributed by atoms with van der Waals surface area (Å²) in [5, 5.41) is 20.5. The van der Waals surface area contributed by atoms with Crippen LogP contribution in [0.3, 0.4) is 0 Å². The van der Waals surface area contributed by atoms with Crippen LogP contribution < -0.4 is 5.50 Å². The normalized spacial score (nSPS) is 17.8. The molecule has 0 amide bonds. The Hall–Kier alpha value is -0.0900. The second-order valence-corrected chi connectivity index (χ2v) is 6.14. The van der Waals surface area contributed by atoms with E-state index in [0.717, 1.165) is 0 Å². The van der Waals surface area contributed by atoms with E-state index in [0.29, 0.717) is 0 Å². The van der Waals surface area contributed by atoms with Crippen molar-refractivity contribution in [3.8, 4) is 0 Å². The van der Waals surface area contributed by atoms with Gasteiger partial charge in [0.15, 0.2) is 0 Å². The smallest absolute Gasteiger partial charge is 0.395 e. The van der Waals surface area contributed by atoms with E-state index in [9.17, 15) is 14.8 Å². The number of aliphatic hydroxyl groups is 2. The van der Waals surface area contributed by atoms with Crippen LogP contribution >= 0.6 is 7.75 Å². The van der Waals surface area contributed by atoms with Crippen LogP contribution in [0.25, 0.3) is 0 Å². The molecule has 0 aromatic carbocycles. The fourth-order valence-electron chi connectivity index (χ4n) is 1.54. The second kappa shape index (κ2) is 7.63. The molecule has 9 nitrogen and oxygen atoms in total. The summed E-state index contributed by atoms with van der Waals surface area (Å²) in [4.78, 5) is 16.0. The van der Waals surface area contributed by atoms with E-state index in [1.807, 2.05) is 0 Å². The Labute approximate surface area is 113 Å². The summed E-state index contributed by atoms with van der Waals surface area (Å²) in [6.45, 7) is -1.46. The zero-order valence-corrected chi connectivity index (χ0v) is 12.6. The third-order valence-electron chi connectivity index (χ3n) is 2.47. The van der Waals surface area contributed by atoms with Crippen LogP contribution in [-0.4, -0.2) is 79.3 Å². The molecule has 0 rings (SSSR count). The van der Waals surface area contributed by atoms with Gasteiger partial charge in [-0.25, -0.2) is 10.1 Å². The first kappa shape index (κ1) is 18.9. The Kier molecular flexibility index (Phi) is 7.59. The summed E-state index contributed by atoms with van der Waals surface area (Å²) in [6, 6.07) is 0. The zero-order chi connectivity index (χ0) is 15.3. The minimum Gasteiger partial charge on any atom is -0.395 e. The van der Waals surface area contributed by atoms with E-state index in [4.69, 9.17) is 15.2 Å². The van der Waals surface area contributed by atoms with Crippen molar-refractivity contribution in [1.29, 1.82) is 0 Å². The number of rotatable bonds is 9. The minimum atomic E-state index is -4.20. The fraction of sp³-hybridized carbons (Fsp3) is 1.00. The molecule has 0 bridgehead atoms. The van der Waals surface area contributed by atoms with Crippen molar-refractivity contribution >= 4 is 7.75 Å². The third kappa shape index (κ3) is 6.26. The third-order valence-corrected chi connectivity index (χ3v) is 2.97. The largest absolute Gasteiger partial charge is 0.400 e. The Morgan fingerprint density at radius 1 is 1.26 bits per heavy atom. The average Bonchev–Trinajstić information content (AvgIpc) is 2.27. The Bertz CT molecular complexity index is 304. The summed E-state index contributed by atoms with van der Waals surface area (Å²) < 4.78 is 15.6. The Morgan fingerprint density at radius 3 is 2.00 bits per heavy atom. The maximum atomic E-state index is 11.0. The molecule has 0 saturated heterocycles. The average molecular weight is 301 g/mol. The maximum Gasteiger partial charge on any atom is 0.400 e. The van der Waals surface area contributed by atoms with Gasteiger partial charge in [0, 0.05) is 14.1 Å². The Balaban J connectivity index is 5.14. The van der Waals surface area contributed by atoms with Crippen LogP contribution in [0.2, 0.25) is 0 Å². The first-order valence-corrected chi connectivity index (χ1v) is 7.21. The van der Waals surface area contributed by atoms with Crippen LogP contribution in [0.5, 0.6) is 0 Å². The molecule has 0 aliphatic rings. The molecule has 0 aliphatic carbocycles. The van der Waals surface area contributed by atoms with Crippen LogP contribution in [0.1, 0.15) is 0 Å². The van der Waals surface area contributed by atoms with Gasteiger partial charge in [-0.1, -0.05) is 0 Å². The highest BCUT2D eigenvalue weighted by molar-refractivity contribution is 7.50. The standard InChI is InChI=1S/C9H24N3O6P/c1-11(2)8(18-12(3)4)9(5-13,6-14)7-17-19(10,15)16/h8,13-14H,5-7H2,1-4H3,(H3,10,15,16). The van der Waals surface area contributed by atoms with E-state index < -0.39 is 39.2 Å². The molecule has 0 saturated carbocycles. The molecule has 0 aliphatic heterocycles. The number of nitrogens with zero attached hydrogens (tertiary/aromatic N) is 2. The number of hydrogen-bond acceptors (Lipinski definition) is 7. The molecular weight excluding hydrogens is 277 g/mol. The van der Waals surface area contributed by atoms with Crippen molar-refractivity contribution in [2.45, 2.75) is 6.23 Å². The summed E-state index contributed by atoms with van der Waals surface area (Å²) in [5.74, 6) is 0. The maximum absolute atomic E-state index is 11.0. The SMILES string of the molecule is CN(C)OC(N(C)C)C(CO)(CO)COP(N)(=O)O. The topological polar surface area (TPSA) is 129 Å². The van der Waals surface area contributed by atoms with Crippen molar-refractivity contribution in [2.24, 2.45) is 10.9 Å². The van der Waals surface area contributed by atoms with Gasteiger partial charge < -0.3 is 15.1 Å². The van der Waals surface area contributed by atoms with Crippen molar-refractivity contribution in [3.63, 3.8) is 0 Å². The molecule has 5 N–H and O–H groups in total. The van der Waals surface area contributed by atoms with Gasteiger partial charge in [-0.2, -0.15) is 5.06 Å². The van der Waals surface area contributed by atoms with Crippen LogP contribution in [0.4, 0.5) is 0 Å². The molecule has 10 heteroatoms. The highest BCUT2D eigenvalue weighted by Crippen LogP contribution is 2.36. The number of aliphatic hydroxyl groups excluding tert-OH is 2. The number of hydroxylamine groups is 2. The van der Waals surface area contributed by atoms with Crippen molar-refractivity contribution < 1.29 is 29.0 Å². The predicted molar refractivity (Wildman–Crippen MR) is 68.8 cm³/mol. The molecule has 19 heavy (non-hydrogen) atoms. The molecule has 0 heterocycles. The van der Waals surface area contributed by atoms with E-state index in [-0.39, 0.29) is 0 Å². The van der Waals surface area contributed by atoms with Gasteiger partial charge in [0.05, 0.1) is 25.2 Å². The molecule has 2 unspecified atom stereocenters. The molecule has 0 spiro atoms. The van der Waals surface area contributed by atoms with E-state index >= 15 is 0 Å². The number of nitrogens with two attached hydrogens (primary N) is 1. The molecule has 0 radical (unpaired) electrons. The first-order chi connectivity index (χ1) is 8.58. The van der Waals surface area contributed by atoms with Gasteiger partial charge in [-0.15, -0.1) is 0 Å². The van der Waals surface area contributed by atoms with Gasteiger partial charge in [0.1, 0.15) is 6.23 Å². The van der Waals surface area contributed by atoms with E-state index in [2.05, 4.69) is 4.52 Å². The van der Waals surface area contributed by atoms with Crippen molar-refractivity contribution in [1.82, 2.24) is 9.96 Å². The molecule has 0 aromatic rings. The van der Waals surface area contributed by atoms with Gasteiger partial charge in [0.2, 0.25) is 0 Å². The quantitative estimate of drug-likeness (QED) is 0.226. The van der Waals surface area contributed by atoms with Gasteiger partial charge in [-0.05, 0) is 14.1 Å². The fourth-order valence-corrected chi connectivity index (χ4v) is 1.99. The highest BCUT2D eigenvalue weighted by Gasteiger charge is 2.43. The van der Waals surface area contributed by atoms with Crippen LogP contribution in [0.15, 0.2) is 0 Å². The van der Waals surface area contributed by atoms with Gasteiger partial charge in [-0.3, -0.25) is 14.3 Å². The lowest BCUT2D eigenvalue weighted by atomic mass is 9.88. The van der Waals surface area contributed by atoms with Crippen LogP contribution in [0, 0.1) is 5.41 Å². The van der Waals surface area contributed by atoms with Gasteiger partial charge >= 0.3 is 7.75 Å². The molecule has 0 aromatic heterocycles. The lowest BCUT2D eigenvalue weighted by molar-refractivity contribution is -0.264. The van der Waals surface area contributed by atoms with Crippen molar-refractivity contribution in [2.75, 3.05) is 48.0 Å². The second-order valence-electron chi connectivity index (χ2n) is 4.75. The Morgan fingerprint density at radius 2 is 1.74 bits per heavy atom. The minimum absolute atomic E-state index is 0.430. The molecule has 0 fully saturated rings. The summed E-state index contributed by atoms with van der Waals surface area (Å²) in [5.41, 5.74) is 3.59. The molecule has 116 valence electrons. The molecular formula is C9H24N3O6P. The van der Waals surface area contributed by atoms with Crippen molar-refractivity contribution in [3.05, 3.63) is 0 Å². The monoisotopic (exact) mass is 301 g/mol. The first-order valence-electron chi connectivity index (χ1n) is 5.56. The van der Waals surface area contributed by atoms with Crippen LogP contribution in [-0.2, 0) is 13.9 Å². The predicted octanol–water partition coefficient (Wildman–Crippen LogP) is -1.59. The van der Waals surface area contributed by atoms with E-state index in [1.54, 1.807) is 33.1 Å². The van der Waals surface area contributed by atoms with E-state index in [1.165, 1.54) is 5.06 Å². The lowest BCUT2D eigenvalue weighted by Crippen LogP contribution is -2.55. The number of hydrogen-bond donors (Lipinski definition) is 4. The van der Waals surface area contributed by atoms with Gasteiger partial charge in [0.25, 0.3) is 0 Å². The summed E-state index contributed by atoms with van der Waals surface area (Å²) in [6.07, 6.45) is -0.774. The zero-order valence-electron chi connectivity index (χ0n) is 11.7. The molecule has 2 atom stereocenters. The summed E-state index contributed by atoms with van der Waals surface area (Å²) in [7, 11) is 2.42. The lowest BCUT2D eigenvalue weighted by Gasteiger charge is -2.41. The summed E-state index contributed by atoms with van der Waals surface area (Å²) >= 11 is 0.